The maximum atomic E-state index is 10.6. The Bertz CT molecular complexity index is 246. The summed E-state index contributed by atoms with van der Waals surface area (Å²) in [7, 11) is 0. The van der Waals surface area contributed by atoms with Crippen molar-refractivity contribution in [1.82, 2.24) is 4.90 Å². The van der Waals surface area contributed by atoms with Crippen LogP contribution >= 0.6 is 0 Å². The van der Waals surface area contributed by atoms with Gasteiger partial charge in [0.15, 0.2) is 0 Å². The predicted octanol–water partition coefficient (Wildman–Crippen LogP) is -0.0804. The van der Waals surface area contributed by atoms with Crippen molar-refractivity contribution >= 4 is 5.97 Å². The minimum absolute atomic E-state index is 0.0813. The van der Waals surface area contributed by atoms with Crippen LogP contribution in [0.5, 0.6) is 0 Å². The van der Waals surface area contributed by atoms with Crippen LogP contribution in [-0.2, 0) is 4.79 Å². The number of carboxylic acid groups (broad SMARTS) is 1. The molecule has 0 aliphatic heterocycles. The molecule has 1 aliphatic carbocycles. The molecule has 2 unspecified atom stereocenters. The van der Waals surface area contributed by atoms with Crippen LogP contribution in [-0.4, -0.2) is 46.3 Å². The second kappa shape index (κ2) is 4.99. The molecule has 78 valence electrons. The number of hydrogen-bond donors (Lipinski definition) is 2. The van der Waals surface area contributed by atoms with E-state index in [1.165, 1.54) is 0 Å². The van der Waals surface area contributed by atoms with E-state index in [0.717, 1.165) is 19.3 Å². The Hall–Kier alpha value is -1.05. The van der Waals surface area contributed by atoms with E-state index in [1.54, 1.807) is 4.90 Å². The van der Waals surface area contributed by atoms with E-state index in [0.29, 0.717) is 0 Å². The average molecular weight is 197 g/mol. The van der Waals surface area contributed by atoms with E-state index in [4.69, 9.17) is 11.5 Å². The van der Waals surface area contributed by atoms with Crippen LogP contribution < -0.4 is 0 Å². The zero-order chi connectivity index (χ0) is 10.6. The van der Waals surface area contributed by atoms with E-state index in [1.807, 2.05) is 0 Å². The first-order chi connectivity index (χ1) is 6.65. The molecule has 0 amide bonds. The van der Waals surface area contributed by atoms with Crippen molar-refractivity contribution in [2.75, 3.05) is 13.1 Å². The summed E-state index contributed by atoms with van der Waals surface area (Å²) < 4.78 is 0. The highest BCUT2D eigenvalue weighted by Crippen LogP contribution is 2.23. The first kappa shape index (κ1) is 11.0. The van der Waals surface area contributed by atoms with Gasteiger partial charge in [0.1, 0.15) is 0 Å². The molecule has 0 heterocycles. The molecule has 2 N–H and O–H groups in total. The van der Waals surface area contributed by atoms with Gasteiger partial charge in [-0.05, 0) is 19.3 Å². The highest BCUT2D eigenvalue weighted by Gasteiger charge is 2.31. The summed E-state index contributed by atoms with van der Waals surface area (Å²) in [4.78, 5) is 12.2. The third-order valence-corrected chi connectivity index (χ3v) is 2.55. The number of rotatable bonds is 4. The molecule has 1 fully saturated rings. The van der Waals surface area contributed by atoms with E-state index in [9.17, 15) is 9.90 Å². The molecule has 1 saturated carbocycles. The Morgan fingerprint density at radius 3 is 2.71 bits per heavy atom. The normalized spacial score (nSPS) is 26.4. The molecule has 2 atom stereocenters. The monoisotopic (exact) mass is 197 g/mol. The largest absolute Gasteiger partial charge is 0.480 e. The Labute approximate surface area is 83.5 Å². The lowest BCUT2D eigenvalue weighted by Gasteiger charge is -2.27. The summed E-state index contributed by atoms with van der Waals surface area (Å²) >= 11 is 0. The van der Waals surface area contributed by atoms with Gasteiger partial charge in [-0.1, -0.05) is 5.92 Å². The fourth-order valence-corrected chi connectivity index (χ4v) is 1.93. The van der Waals surface area contributed by atoms with Crippen LogP contribution in [0.2, 0.25) is 0 Å². The number of carbonyl (C=O) groups is 1. The third-order valence-electron chi connectivity index (χ3n) is 2.55. The number of carboxylic acids is 1. The van der Waals surface area contributed by atoms with Gasteiger partial charge < -0.3 is 10.2 Å². The Morgan fingerprint density at radius 2 is 2.29 bits per heavy atom. The fourth-order valence-electron chi connectivity index (χ4n) is 1.93. The second-order valence-corrected chi connectivity index (χ2v) is 3.57. The number of aliphatic carboxylic acids is 1. The van der Waals surface area contributed by atoms with Crippen LogP contribution in [0.3, 0.4) is 0 Å². The molecule has 0 spiro atoms. The molecule has 1 rings (SSSR count). The quantitative estimate of drug-likeness (QED) is 0.619. The smallest absolute Gasteiger partial charge is 0.317 e. The number of nitrogens with zero attached hydrogens (tertiary/aromatic N) is 1. The van der Waals surface area contributed by atoms with Gasteiger partial charge in [-0.25, -0.2) is 0 Å². The highest BCUT2D eigenvalue weighted by atomic mass is 16.4. The minimum Gasteiger partial charge on any atom is -0.480 e. The maximum Gasteiger partial charge on any atom is 0.317 e. The summed E-state index contributed by atoms with van der Waals surface area (Å²) in [6.07, 6.45) is 7.23. The molecule has 0 saturated heterocycles. The molecule has 4 heteroatoms. The van der Waals surface area contributed by atoms with Gasteiger partial charge in [0.25, 0.3) is 0 Å². The number of aliphatic hydroxyl groups excluding tert-OH is 1. The average Bonchev–Trinajstić information content (AvgIpc) is 2.50. The fraction of sp³-hybridized carbons (Fsp3) is 0.700. The van der Waals surface area contributed by atoms with Crippen molar-refractivity contribution in [3.05, 3.63) is 0 Å². The van der Waals surface area contributed by atoms with Crippen molar-refractivity contribution < 1.29 is 15.0 Å². The van der Waals surface area contributed by atoms with Crippen LogP contribution in [0.15, 0.2) is 0 Å². The molecule has 4 nitrogen and oxygen atoms in total. The molecule has 0 bridgehead atoms. The number of terminal acetylenes is 1. The lowest BCUT2D eigenvalue weighted by atomic mass is 10.2. The lowest BCUT2D eigenvalue weighted by molar-refractivity contribution is -0.139. The first-order valence-electron chi connectivity index (χ1n) is 4.72. The van der Waals surface area contributed by atoms with E-state index in [-0.39, 0.29) is 19.1 Å². The van der Waals surface area contributed by atoms with Gasteiger partial charge in [-0.2, -0.15) is 0 Å². The highest BCUT2D eigenvalue weighted by molar-refractivity contribution is 5.69. The maximum absolute atomic E-state index is 10.6. The molecule has 14 heavy (non-hydrogen) atoms. The van der Waals surface area contributed by atoms with Gasteiger partial charge in [-0.3, -0.25) is 9.69 Å². The van der Waals surface area contributed by atoms with Crippen LogP contribution in [0.25, 0.3) is 0 Å². The second-order valence-electron chi connectivity index (χ2n) is 3.57. The molecule has 0 aromatic heterocycles. The number of aliphatic hydroxyl groups is 1. The van der Waals surface area contributed by atoms with Crippen molar-refractivity contribution in [1.29, 1.82) is 0 Å². The van der Waals surface area contributed by atoms with Crippen LogP contribution in [0, 0.1) is 12.3 Å². The molecule has 1 aliphatic rings. The van der Waals surface area contributed by atoms with E-state index < -0.39 is 12.1 Å². The number of hydrogen-bond acceptors (Lipinski definition) is 3. The Kier molecular flexibility index (Phi) is 3.93. The van der Waals surface area contributed by atoms with Crippen molar-refractivity contribution in [3.63, 3.8) is 0 Å². The summed E-state index contributed by atoms with van der Waals surface area (Å²) in [5.41, 5.74) is 0. The van der Waals surface area contributed by atoms with E-state index in [2.05, 4.69) is 5.92 Å². The van der Waals surface area contributed by atoms with Crippen molar-refractivity contribution in [2.24, 2.45) is 0 Å². The Balaban J connectivity index is 2.57. The topological polar surface area (TPSA) is 60.8 Å². The molecular weight excluding hydrogens is 182 g/mol. The standard InChI is InChI=1S/C10H15NO3/c1-2-6-11(7-10(13)14)8-4-3-5-9(8)12/h1,8-9,12H,3-7H2,(H,13,14). The molecule has 0 radical (unpaired) electrons. The minimum atomic E-state index is -0.903. The summed E-state index contributed by atoms with van der Waals surface area (Å²) in [5.74, 6) is 1.52. The van der Waals surface area contributed by atoms with E-state index >= 15 is 0 Å². The molecular formula is C10H15NO3. The van der Waals surface area contributed by atoms with Gasteiger partial charge in [-0.15, -0.1) is 6.42 Å². The van der Waals surface area contributed by atoms with Gasteiger partial charge in [0, 0.05) is 6.04 Å². The predicted molar refractivity (Wildman–Crippen MR) is 51.7 cm³/mol. The zero-order valence-electron chi connectivity index (χ0n) is 8.02. The van der Waals surface area contributed by atoms with Crippen LogP contribution in [0.1, 0.15) is 19.3 Å². The van der Waals surface area contributed by atoms with Gasteiger partial charge >= 0.3 is 5.97 Å². The zero-order valence-corrected chi connectivity index (χ0v) is 8.02. The SMILES string of the molecule is C#CCN(CC(=O)O)C1CCCC1O. The van der Waals surface area contributed by atoms with Gasteiger partial charge in [0.05, 0.1) is 19.2 Å². The third kappa shape index (κ3) is 2.72. The first-order valence-corrected chi connectivity index (χ1v) is 4.72. The molecule has 0 aromatic rings. The lowest BCUT2D eigenvalue weighted by Crippen LogP contribution is -2.43. The summed E-state index contributed by atoms with van der Waals surface area (Å²) in [5, 5.41) is 18.3. The van der Waals surface area contributed by atoms with Gasteiger partial charge in [0.2, 0.25) is 0 Å². The van der Waals surface area contributed by atoms with Crippen molar-refractivity contribution in [3.8, 4) is 12.3 Å². The van der Waals surface area contributed by atoms with Crippen LogP contribution in [0.4, 0.5) is 0 Å². The molecule has 0 aromatic carbocycles. The van der Waals surface area contributed by atoms with Crippen molar-refractivity contribution in [2.45, 2.75) is 31.4 Å². The summed E-state index contributed by atoms with van der Waals surface area (Å²) in [6, 6.07) is -0.0813. The Morgan fingerprint density at radius 1 is 1.57 bits per heavy atom. The summed E-state index contributed by atoms with van der Waals surface area (Å²) in [6.45, 7) is 0.194.